The van der Waals surface area contributed by atoms with E-state index in [-0.39, 0.29) is 5.97 Å². The average molecular weight is 238 g/mol. The fourth-order valence-electron chi connectivity index (χ4n) is 3.38. The molecule has 2 bridgehead atoms. The number of ether oxygens (including phenoxy) is 1. The number of fused-ring (bicyclic) bond motifs is 2. The minimum Gasteiger partial charge on any atom is -0.462 e. The van der Waals surface area contributed by atoms with Crippen LogP contribution in [0.25, 0.3) is 0 Å². The van der Waals surface area contributed by atoms with Crippen LogP contribution in [0.3, 0.4) is 0 Å². The van der Waals surface area contributed by atoms with Crippen molar-refractivity contribution in [3.8, 4) is 0 Å². The van der Waals surface area contributed by atoms with E-state index in [1.165, 1.54) is 6.42 Å². The van der Waals surface area contributed by atoms with Gasteiger partial charge >= 0.3 is 5.97 Å². The van der Waals surface area contributed by atoms with Crippen molar-refractivity contribution in [1.29, 1.82) is 0 Å². The van der Waals surface area contributed by atoms with Crippen molar-refractivity contribution in [3.05, 3.63) is 12.2 Å². The summed E-state index contributed by atoms with van der Waals surface area (Å²) in [6.45, 7) is 5.66. The van der Waals surface area contributed by atoms with Gasteiger partial charge in [0.25, 0.3) is 0 Å². The Bertz CT molecular complexity index is 323. The molecule has 0 aromatic carbocycles. The second-order valence-electron chi connectivity index (χ2n) is 5.87. The fraction of sp³-hybridized carbons (Fsp3) is 0.786. The molecule has 2 saturated carbocycles. The molecule has 0 amide bonds. The van der Waals surface area contributed by atoms with Crippen molar-refractivity contribution < 1.29 is 14.6 Å². The zero-order valence-corrected chi connectivity index (χ0v) is 10.6. The number of carbonyl (C=O) groups excluding carboxylic acids is 1. The molecular weight excluding hydrogens is 216 g/mol. The maximum Gasteiger partial charge on any atom is 0.333 e. The first-order chi connectivity index (χ1) is 7.98. The molecule has 3 atom stereocenters. The molecule has 2 aliphatic carbocycles. The van der Waals surface area contributed by atoms with Crippen molar-refractivity contribution in [3.63, 3.8) is 0 Å². The number of hydrogen-bond donors (Lipinski definition) is 1. The van der Waals surface area contributed by atoms with Gasteiger partial charge in [0.1, 0.15) is 0 Å². The monoisotopic (exact) mass is 238 g/mol. The van der Waals surface area contributed by atoms with Gasteiger partial charge in [-0.25, -0.2) is 4.79 Å². The topological polar surface area (TPSA) is 46.5 Å². The lowest BCUT2D eigenvalue weighted by Gasteiger charge is -2.44. The molecule has 17 heavy (non-hydrogen) atoms. The summed E-state index contributed by atoms with van der Waals surface area (Å²) in [6, 6.07) is 0. The highest BCUT2D eigenvalue weighted by Gasteiger charge is 2.41. The Morgan fingerprint density at radius 3 is 2.94 bits per heavy atom. The van der Waals surface area contributed by atoms with E-state index in [0.717, 1.165) is 32.1 Å². The van der Waals surface area contributed by atoms with E-state index in [2.05, 4.69) is 6.58 Å². The minimum atomic E-state index is -0.485. The number of aliphatic hydroxyl groups is 1. The van der Waals surface area contributed by atoms with Crippen molar-refractivity contribution in [2.75, 3.05) is 6.61 Å². The maximum atomic E-state index is 11.3. The highest BCUT2D eigenvalue weighted by atomic mass is 16.5. The number of rotatable bonds is 3. The van der Waals surface area contributed by atoms with Crippen molar-refractivity contribution in [1.82, 2.24) is 0 Å². The van der Waals surface area contributed by atoms with Crippen molar-refractivity contribution >= 4 is 5.97 Å². The molecule has 0 saturated heterocycles. The van der Waals surface area contributed by atoms with Gasteiger partial charge in [-0.15, -0.1) is 0 Å². The molecule has 0 aromatic rings. The maximum absolute atomic E-state index is 11.3. The highest BCUT2D eigenvalue weighted by Crippen LogP contribution is 2.45. The molecule has 0 heterocycles. The molecule has 0 radical (unpaired) electrons. The molecule has 96 valence electrons. The molecule has 0 aliphatic heterocycles. The third kappa shape index (κ3) is 3.09. The van der Waals surface area contributed by atoms with Crippen LogP contribution in [-0.2, 0) is 9.53 Å². The van der Waals surface area contributed by atoms with Gasteiger partial charge in [-0.1, -0.05) is 19.4 Å². The van der Waals surface area contributed by atoms with Crippen LogP contribution in [0.1, 0.15) is 45.4 Å². The Balaban J connectivity index is 1.86. The molecule has 0 spiro atoms. The average Bonchev–Trinajstić information content (AvgIpc) is 2.24. The molecule has 3 nitrogen and oxygen atoms in total. The normalized spacial score (nSPS) is 36.4. The summed E-state index contributed by atoms with van der Waals surface area (Å²) in [5.74, 6) is 0.631. The van der Waals surface area contributed by atoms with Crippen LogP contribution in [0, 0.1) is 11.8 Å². The van der Waals surface area contributed by atoms with E-state index in [1.807, 2.05) is 0 Å². The summed E-state index contributed by atoms with van der Waals surface area (Å²) in [5.41, 5.74) is -0.0405. The van der Waals surface area contributed by atoms with Gasteiger partial charge in [-0.05, 0) is 44.4 Å². The summed E-state index contributed by atoms with van der Waals surface area (Å²) >= 11 is 0. The fourth-order valence-corrected chi connectivity index (χ4v) is 3.38. The Hall–Kier alpha value is -0.830. The lowest BCUT2D eigenvalue weighted by atomic mass is 9.65. The predicted molar refractivity (Wildman–Crippen MR) is 65.4 cm³/mol. The zero-order valence-electron chi connectivity index (χ0n) is 10.6. The SMILES string of the molecule is C=C(C)C(=O)OCC1CC2CCCC(O)(C2)C1. The summed E-state index contributed by atoms with van der Waals surface area (Å²) in [4.78, 5) is 11.3. The molecule has 2 aliphatic rings. The molecule has 2 fully saturated rings. The van der Waals surface area contributed by atoms with Gasteiger partial charge in [0, 0.05) is 5.57 Å². The van der Waals surface area contributed by atoms with E-state index >= 15 is 0 Å². The van der Waals surface area contributed by atoms with Gasteiger partial charge in [-0.3, -0.25) is 0 Å². The Morgan fingerprint density at radius 1 is 1.53 bits per heavy atom. The van der Waals surface area contributed by atoms with Gasteiger partial charge < -0.3 is 9.84 Å². The third-order valence-corrected chi connectivity index (χ3v) is 4.06. The van der Waals surface area contributed by atoms with Crippen LogP contribution in [-0.4, -0.2) is 23.3 Å². The Labute approximate surface area is 103 Å². The number of esters is 1. The molecule has 2 rings (SSSR count). The predicted octanol–water partition coefficient (Wildman–Crippen LogP) is 2.44. The molecule has 0 aromatic heterocycles. The quantitative estimate of drug-likeness (QED) is 0.607. The number of carbonyl (C=O) groups is 1. The standard InChI is InChI=1S/C14H22O3/c1-10(2)13(15)17-9-12-6-11-4-3-5-14(16,7-11)8-12/h11-12,16H,1,3-9H2,2H3. The van der Waals surface area contributed by atoms with E-state index < -0.39 is 5.60 Å². The Morgan fingerprint density at radius 2 is 2.29 bits per heavy atom. The molecule has 3 heteroatoms. The summed E-state index contributed by atoms with van der Waals surface area (Å²) < 4.78 is 5.20. The first kappa shape index (κ1) is 12.6. The molecule has 1 N–H and O–H groups in total. The second-order valence-corrected chi connectivity index (χ2v) is 5.87. The van der Waals surface area contributed by atoms with Crippen LogP contribution in [0.15, 0.2) is 12.2 Å². The van der Waals surface area contributed by atoms with Crippen molar-refractivity contribution in [2.24, 2.45) is 11.8 Å². The summed E-state index contributed by atoms with van der Waals surface area (Å²) in [5, 5.41) is 10.4. The van der Waals surface area contributed by atoms with Gasteiger partial charge in [0.15, 0.2) is 0 Å². The van der Waals surface area contributed by atoms with E-state index in [1.54, 1.807) is 6.92 Å². The number of hydrogen-bond acceptors (Lipinski definition) is 3. The van der Waals surface area contributed by atoms with Crippen LogP contribution in [0.2, 0.25) is 0 Å². The van der Waals surface area contributed by atoms with E-state index in [4.69, 9.17) is 4.74 Å². The first-order valence-corrected chi connectivity index (χ1v) is 6.53. The highest BCUT2D eigenvalue weighted by molar-refractivity contribution is 5.86. The Kier molecular flexibility index (Phi) is 3.57. The van der Waals surface area contributed by atoms with Crippen LogP contribution < -0.4 is 0 Å². The van der Waals surface area contributed by atoms with Gasteiger partial charge in [0.05, 0.1) is 12.2 Å². The van der Waals surface area contributed by atoms with Gasteiger partial charge in [0.2, 0.25) is 0 Å². The van der Waals surface area contributed by atoms with E-state index in [0.29, 0.717) is 24.0 Å². The zero-order chi connectivity index (χ0) is 12.5. The lowest BCUT2D eigenvalue weighted by Crippen LogP contribution is -2.43. The first-order valence-electron chi connectivity index (χ1n) is 6.53. The lowest BCUT2D eigenvalue weighted by molar-refractivity contribution is -0.143. The van der Waals surface area contributed by atoms with Crippen LogP contribution in [0.5, 0.6) is 0 Å². The second kappa shape index (κ2) is 4.81. The summed E-state index contributed by atoms with van der Waals surface area (Å²) in [6.07, 6.45) is 6.08. The minimum absolute atomic E-state index is 0.312. The van der Waals surface area contributed by atoms with Gasteiger partial charge in [-0.2, -0.15) is 0 Å². The third-order valence-electron chi connectivity index (χ3n) is 4.06. The largest absolute Gasteiger partial charge is 0.462 e. The molecular formula is C14H22O3. The van der Waals surface area contributed by atoms with Crippen LogP contribution in [0.4, 0.5) is 0 Å². The van der Waals surface area contributed by atoms with Crippen LogP contribution >= 0.6 is 0 Å². The smallest absolute Gasteiger partial charge is 0.333 e. The van der Waals surface area contributed by atoms with Crippen molar-refractivity contribution in [2.45, 2.75) is 51.0 Å². The van der Waals surface area contributed by atoms with E-state index in [9.17, 15) is 9.90 Å². The molecule has 3 unspecified atom stereocenters. The summed E-state index contributed by atoms with van der Waals surface area (Å²) in [7, 11) is 0.